The van der Waals surface area contributed by atoms with Crippen LogP contribution in [0.3, 0.4) is 0 Å². The monoisotopic (exact) mass is 475 g/mol. The van der Waals surface area contributed by atoms with Gasteiger partial charge in [0.1, 0.15) is 0 Å². The van der Waals surface area contributed by atoms with Crippen LogP contribution in [0.1, 0.15) is 10.4 Å². The van der Waals surface area contributed by atoms with Gasteiger partial charge in [-0.25, -0.2) is 8.42 Å². The molecule has 0 aliphatic carbocycles. The normalized spacial score (nSPS) is 22.6. The molecule has 0 unspecified atom stereocenters. The van der Waals surface area contributed by atoms with Gasteiger partial charge in [0, 0.05) is 36.3 Å². The Kier molecular flexibility index (Phi) is 6.09. The molecule has 10 heteroatoms. The Hall–Kier alpha value is -2.72. The first-order valence-corrected chi connectivity index (χ1v) is 12.7. The van der Waals surface area contributed by atoms with E-state index in [2.05, 4.69) is 4.99 Å². The van der Waals surface area contributed by atoms with Gasteiger partial charge in [-0.3, -0.25) is 4.79 Å². The zero-order valence-corrected chi connectivity index (χ0v) is 19.9. The molecule has 2 saturated heterocycles. The van der Waals surface area contributed by atoms with Gasteiger partial charge in [0.2, 0.25) is 0 Å². The second kappa shape index (κ2) is 8.67. The number of benzene rings is 2. The van der Waals surface area contributed by atoms with Crippen LogP contribution >= 0.6 is 11.8 Å². The molecule has 1 amide bonds. The number of carbonyl (C=O) groups excluding carboxylic acids is 1. The lowest BCUT2D eigenvalue weighted by Crippen LogP contribution is -2.37. The fourth-order valence-corrected chi connectivity index (χ4v) is 7.81. The van der Waals surface area contributed by atoms with Gasteiger partial charge in [-0.05, 0) is 42.5 Å². The molecule has 2 aromatic rings. The predicted molar refractivity (Wildman–Crippen MR) is 128 cm³/mol. The largest absolute Gasteiger partial charge is 0.493 e. The average molecular weight is 476 g/mol. The minimum absolute atomic E-state index is 0.0453. The van der Waals surface area contributed by atoms with Gasteiger partial charge in [0.25, 0.3) is 5.91 Å². The predicted octanol–water partition coefficient (Wildman–Crippen LogP) is 2.69. The van der Waals surface area contributed by atoms with Crippen molar-refractivity contribution < 1.29 is 22.7 Å². The van der Waals surface area contributed by atoms with Gasteiger partial charge in [-0.2, -0.15) is 4.99 Å². The average Bonchev–Trinajstić information content (AvgIpc) is 3.23. The molecule has 8 nitrogen and oxygen atoms in total. The van der Waals surface area contributed by atoms with Gasteiger partial charge in [-0.1, -0.05) is 11.8 Å². The van der Waals surface area contributed by atoms with Gasteiger partial charge in [-0.15, -0.1) is 0 Å². The molecule has 2 aliphatic heterocycles. The number of hydrogen-bond donors (Lipinski definition) is 0. The van der Waals surface area contributed by atoms with Crippen LogP contribution in [0.4, 0.5) is 11.4 Å². The molecule has 170 valence electrons. The topological polar surface area (TPSA) is 88.5 Å². The van der Waals surface area contributed by atoms with Crippen LogP contribution in [-0.4, -0.2) is 70.6 Å². The summed E-state index contributed by atoms with van der Waals surface area (Å²) in [7, 11) is 3.81. The first-order chi connectivity index (χ1) is 15.2. The Bertz CT molecular complexity index is 1160. The number of amidine groups is 1. The van der Waals surface area contributed by atoms with Crippen molar-refractivity contribution in [2.75, 3.05) is 49.6 Å². The Morgan fingerprint density at radius 3 is 2.38 bits per heavy atom. The smallest absolute Gasteiger partial charge is 0.279 e. The lowest BCUT2D eigenvalue weighted by molar-refractivity contribution is 0.100. The molecule has 2 fully saturated rings. The van der Waals surface area contributed by atoms with Crippen LogP contribution in [0.2, 0.25) is 0 Å². The molecule has 2 aromatic carbocycles. The number of fused-ring (bicyclic) bond motifs is 1. The Morgan fingerprint density at radius 1 is 1.06 bits per heavy atom. The number of sulfone groups is 1. The maximum atomic E-state index is 13.0. The first kappa shape index (κ1) is 22.5. The Morgan fingerprint density at radius 2 is 1.75 bits per heavy atom. The third-order valence-corrected chi connectivity index (χ3v) is 8.75. The van der Waals surface area contributed by atoms with Crippen LogP contribution in [0.5, 0.6) is 11.5 Å². The van der Waals surface area contributed by atoms with E-state index in [0.29, 0.717) is 22.2 Å². The van der Waals surface area contributed by atoms with Crippen molar-refractivity contribution in [3.63, 3.8) is 0 Å². The van der Waals surface area contributed by atoms with Crippen molar-refractivity contribution in [1.29, 1.82) is 0 Å². The van der Waals surface area contributed by atoms with E-state index in [1.54, 1.807) is 18.2 Å². The molecule has 2 atom stereocenters. The van der Waals surface area contributed by atoms with Crippen LogP contribution in [-0.2, 0) is 9.84 Å². The molecule has 32 heavy (non-hydrogen) atoms. The maximum absolute atomic E-state index is 13.0. The number of carbonyl (C=O) groups is 1. The summed E-state index contributed by atoms with van der Waals surface area (Å²) in [5.74, 6) is 0.666. The fraction of sp³-hybridized carbons (Fsp3) is 0.364. The van der Waals surface area contributed by atoms with Gasteiger partial charge < -0.3 is 19.3 Å². The van der Waals surface area contributed by atoms with E-state index >= 15 is 0 Å². The number of rotatable bonds is 5. The molecule has 0 spiro atoms. The second-order valence-electron chi connectivity index (χ2n) is 7.85. The fourth-order valence-electron chi connectivity index (χ4n) is 3.90. The molecule has 0 radical (unpaired) electrons. The second-order valence-corrected chi connectivity index (χ2v) is 11.2. The zero-order chi connectivity index (χ0) is 23.0. The molecular formula is C22H25N3O5S2. The van der Waals surface area contributed by atoms with Crippen LogP contribution in [0, 0.1) is 0 Å². The third-order valence-electron chi connectivity index (χ3n) is 5.54. The van der Waals surface area contributed by atoms with Gasteiger partial charge in [0.15, 0.2) is 26.5 Å². The van der Waals surface area contributed by atoms with E-state index in [-0.39, 0.29) is 22.8 Å². The minimum Gasteiger partial charge on any atom is -0.493 e. The van der Waals surface area contributed by atoms with E-state index in [0.717, 1.165) is 11.4 Å². The molecule has 4 rings (SSSR count). The van der Waals surface area contributed by atoms with Crippen molar-refractivity contribution in [3.8, 4) is 11.5 Å². The first-order valence-electron chi connectivity index (χ1n) is 10.0. The van der Waals surface area contributed by atoms with E-state index in [9.17, 15) is 13.2 Å². The van der Waals surface area contributed by atoms with Crippen molar-refractivity contribution in [1.82, 2.24) is 0 Å². The summed E-state index contributed by atoms with van der Waals surface area (Å²) >= 11 is 1.35. The molecule has 0 N–H and O–H groups in total. The van der Waals surface area contributed by atoms with Crippen molar-refractivity contribution in [2.24, 2.45) is 4.99 Å². The van der Waals surface area contributed by atoms with Crippen LogP contribution in [0.25, 0.3) is 0 Å². The molecular weight excluding hydrogens is 450 g/mol. The number of anilines is 2. The van der Waals surface area contributed by atoms with E-state index in [1.807, 2.05) is 48.2 Å². The van der Waals surface area contributed by atoms with E-state index in [4.69, 9.17) is 9.47 Å². The van der Waals surface area contributed by atoms with Gasteiger partial charge >= 0.3 is 0 Å². The summed E-state index contributed by atoms with van der Waals surface area (Å²) in [5.41, 5.74) is 2.20. The number of methoxy groups -OCH3 is 2. The number of aliphatic imine (C=N–C) groups is 1. The molecule has 0 saturated carbocycles. The quantitative estimate of drug-likeness (QED) is 0.652. The Balaban J connectivity index is 1.70. The van der Waals surface area contributed by atoms with Crippen LogP contribution < -0.4 is 19.3 Å². The lowest BCUT2D eigenvalue weighted by Gasteiger charge is -2.25. The summed E-state index contributed by atoms with van der Waals surface area (Å²) in [6.45, 7) is 0. The highest BCUT2D eigenvalue weighted by atomic mass is 32.2. The Labute approximate surface area is 192 Å². The molecule has 2 heterocycles. The van der Waals surface area contributed by atoms with Crippen molar-refractivity contribution in [2.45, 2.75) is 11.3 Å². The standard InChI is InChI=1S/C22H25N3O5S2/c1-24(2)15-6-8-16(9-7-15)25-17-12-32(27,28)13-20(17)31-22(25)23-21(26)14-5-10-18(29-3)19(11-14)30-4/h5-11,17,20H,12-13H2,1-4H3/t17-,20-/m1/s1. The highest BCUT2D eigenvalue weighted by Crippen LogP contribution is 2.41. The summed E-state index contributed by atoms with van der Waals surface area (Å²) in [4.78, 5) is 21.2. The summed E-state index contributed by atoms with van der Waals surface area (Å²) in [6, 6.07) is 12.4. The molecule has 0 aromatic heterocycles. The lowest BCUT2D eigenvalue weighted by atomic mass is 10.2. The summed E-state index contributed by atoms with van der Waals surface area (Å²) in [6.07, 6.45) is 0. The van der Waals surface area contributed by atoms with Crippen molar-refractivity contribution >= 4 is 44.0 Å². The summed E-state index contributed by atoms with van der Waals surface area (Å²) < 4.78 is 35.1. The minimum atomic E-state index is -3.13. The highest BCUT2D eigenvalue weighted by Gasteiger charge is 2.49. The van der Waals surface area contributed by atoms with E-state index in [1.165, 1.54) is 26.0 Å². The molecule has 2 aliphatic rings. The maximum Gasteiger partial charge on any atom is 0.279 e. The van der Waals surface area contributed by atoms with Crippen molar-refractivity contribution in [3.05, 3.63) is 48.0 Å². The van der Waals surface area contributed by atoms with Gasteiger partial charge in [0.05, 0.1) is 31.8 Å². The number of hydrogen-bond acceptors (Lipinski definition) is 7. The SMILES string of the molecule is COc1ccc(C(=O)N=C2S[C@@H]3CS(=O)(=O)C[C@H]3N2c2ccc(N(C)C)cc2)cc1OC. The number of amides is 1. The van der Waals surface area contributed by atoms with Crippen LogP contribution in [0.15, 0.2) is 47.5 Å². The van der Waals surface area contributed by atoms with E-state index < -0.39 is 15.7 Å². The molecule has 0 bridgehead atoms. The highest BCUT2D eigenvalue weighted by molar-refractivity contribution is 8.16. The third kappa shape index (κ3) is 4.29. The number of thioether (sulfide) groups is 1. The summed E-state index contributed by atoms with van der Waals surface area (Å²) in [5, 5.41) is 0.345. The number of nitrogens with zero attached hydrogens (tertiary/aromatic N) is 3. The zero-order valence-electron chi connectivity index (χ0n) is 18.3. The number of ether oxygens (including phenoxy) is 2.